The van der Waals surface area contributed by atoms with Crippen LogP contribution in [0, 0.1) is 0 Å². The van der Waals surface area contributed by atoms with Gasteiger partial charge >= 0.3 is 0 Å². The summed E-state index contributed by atoms with van der Waals surface area (Å²) in [6.07, 6.45) is 1.02. The quantitative estimate of drug-likeness (QED) is 0.519. The third-order valence-electron chi connectivity index (χ3n) is 4.91. The summed E-state index contributed by atoms with van der Waals surface area (Å²) in [6, 6.07) is 9.32. The fourth-order valence-electron chi connectivity index (χ4n) is 3.61. The Morgan fingerprint density at radius 1 is 1.04 bits per heavy atom. The van der Waals surface area contributed by atoms with Crippen LogP contribution in [0.3, 0.4) is 0 Å². The lowest BCUT2D eigenvalue weighted by Crippen LogP contribution is -2.19. The molecule has 1 unspecified atom stereocenters. The zero-order chi connectivity index (χ0) is 17.0. The molecule has 1 aliphatic rings. The molecule has 1 aromatic carbocycles. The number of hydrogen-bond acceptors (Lipinski definition) is 1. The Bertz CT molecular complexity index is 734. The van der Waals surface area contributed by atoms with Gasteiger partial charge in [0.2, 0.25) is 0 Å². The molecule has 0 bridgehead atoms. The third-order valence-corrected chi connectivity index (χ3v) is 5.85. The summed E-state index contributed by atoms with van der Waals surface area (Å²) in [7, 11) is 0. The van der Waals surface area contributed by atoms with E-state index in [1.165, 1.54) is 32.7 Å². The molecule has 0 nitrogen and oxygen atoms in total. The van der Waals surface area contributed by atoms with E-state index in [0.717, 1.165) is 6.42 Å². The van der Waals surface area contributed by atoms with Crippen molar-refractivity contribution in [3.8, 4) is 0 Å². The Labute approximate surface area is 145 Å². The molecule has 1 aliphatic carbocycles. The second-order valence-corrected chi connectivity index (χ2v) is 9.85. The van der Waals surface area contributed by atoms with Crippen molar-refractivity contribution in [2.75, 3.05) is 0 Å². The predicted molar refractivity (Wildman–Crippen MR) is 103 cm³/mol. The summed E-state index contributed by atoms with van der Waals surface area (Å²) in [5.74, 6) is 0.383. The number of fused-ring (bicyclic) bond motifs is 1. The molecule has 0 saturated heterocycles. The van der Waals surface area contributed by atoms with Crippen LogP contribution in [0.15, 0.2) is 41.8 Å². The summed E-state index contributed by atoms with van der Waals surface area (Å²) in [6.45, 7) is 18.3. The first-order valence-corrected chi connectivity index (χ1v) is 9.36. The molecule has 0 radical (unpaired) electrons. The maximum atomic E-state index is 4.43. The summed E-state index contributed by atoms with van der Waals surface area (Å²) in [4.78, 5) is 1.43. The van der Waals surface area contributed by atoms with Crippen LogP contribution in [0.4, 0.5) is 0 Å². The molecule has 0 N–H and O–H groups in total. The van der Waals surface area contributed by atoms with Gasteiger partial charge in [0.25, 0.3) is 0 Å². The van der Waals surface area contributed by atoms with Crippen LogP contribution in [0.2, 0.25) is 0 Å². The topological polar surface area (TPSA) is 0 Å². The van der Waals surface area contributed by atoms with Gasteiger partial charge in [-0.05, 0) is 51.0 Å². The average Bonchev–Trinajstić information content (AvgIpc) is 3.00. The highest BCUT2D eigenvalue weighted by Crippen LogP contribution is 2.47. The number of benzene rings is 1. The van der Waals surface area contributed by atoms with Crippen LogP contribution in [-0.2, 0) is 17.3 Å². The minimum absolute atomic E-state index is 0.163. The van der Waals surface area contributed by atoms with Gasteiger partial charge in [0.1, 0.15) is 0 Å². The van der Waals surface area contributed by atoms with E-state index in [1.807, 2.05) is 11.3 Å². The first-order valence-electron chi connectivity index (χ1n) is 8.48. The Kier molecular flexibility index (Phi) is 3.84. The van der Waals surface area contributed by atoms with Crippen LogP contribution in [-0.4, -0.2) is 0 Å². The van der Waals surface area contributed by atoms with Crippen molar-refractivity contribution in [2.45, 2.75) is 64.7 Å². The van der Waals surface area contributed by atoms with Crippen LogP contribution in [0.1, 0.15) is 74.6 Å². The minimum atomic E-state index is 0.163. The van der Waals surface area contributed by atoms with Crippen molar-refractivity contribution in [2.24, 2.45) is 0 Å². The molecule has 2 aromatic rings. The number of rotatable bonds is 1. The van der Waals surface area contributed by atoms with Crippen molar-refractivity contribution in [1.82, 2.24) is 0 Å². The van der Waals surface area contributed by atoms with Gasteiger partial charge in [-0.3, -0.25) is 0 Å². The Morgan fingerprint density at radius 3 is 2.26 bits per heavy atom. The van der Waals surface area contributed by atoms with Crippen molar-refractivity contribution < 1.29 is 0 Å². The highest BCUT2D eigenvalue weighted by molar-refractivity contribution is 7.10. The van der Waals surface area contributed by atoms with Crippen molar-refractivity contribution in [3.63, 3.8) is 0 Å². The molecule has 0 aliphatic heterocycles. The molecule has 1 atom stereocenters. The molecular formula is C22H28S. The fraction of sp³-hybridized carbons (Fsp3) is 0.455. The normalized spacial score (nSPS) is 18.3. The first kappa shape index (κ1) is 16.5. The molecule has 23 heavy (non-hydrogen) atoms. The second-order valence-electron chi connectivity index (χ2n) is 8.88. The summed E-state index contributed by atoms with van der Waals surface area (Å²) >= 11 is 1.85. The van der Waals surface area contributed by atoms with Crippen molar-refractivity contribution in [3.05, 3.63) is 68.9 Å². The molecule has 0 fully saturated rings. The SMILES string of the molecule is C=C1Cc2c(cc(C(C)(C)C)cc2C(C)(C)C)C1c1cccs1. The Balaban J connectivity index is 2.27. The van der Waals surface area contributed by atoms with Gasteiger partial charge in [0.05, 0.1) is 0 Å². The second kappa shape index (κ2) is 5.34. The fourth-order valence-corrected chi connectivity index (χ4v) is 4.51. The van der Waals surface area contributed by atoms with Crippen molar-refractivity contribution in [1.29, 1.82) is 0 Å². The molecule has 0 saturated carbocycles. The monoisotopic (exact) mass is 324 g/mol. The van der Waals surface area contributed by atoms with E-state index in [4.69, 9.17) is 0 Å². The number of hydrogen-bond donors (Lipinski definition) is 0. The molecule has 3 rings (SSSR count). The van der Waals surface area contributed by atoms with Crippen LogP contribution >= 0.6 is 11.3 Å². The summed E-state index contributed by atoms with van der Waals surface area (Å²) in [5, 5.41) is 2.18. The standard InChI is InChI=1S/C22H28S/c1-14-11-16-17(20(14)19-9-8-10-23-19)12-15(21(2,3)4)13-18(16)22(5,6)7/h8-10,12-13,20H,1,11H2,2-7H3. The number of allylic oxidation sites excluding steroid dienone is 1. The lowest BCUT2D eigenvalue weighted by atomic mass is 9.76. The lowest BCUT2D eigenvalue weighted by molar-refractivity contribution is 0.564. The van der Waals surface area contributed by atoms with Gasteiger partial charge in [0, 0.05) is 10.8 Å². The zero-order valence-electron chi connectivity index (χ0n) is 15.3. The van der Waals surface area contributed by atoms with E-state index in [1.54, 1.807) is 0 Å². The summed E-state index contributed by atoms with van der Waals surface area (Å²) < 4.78 is 0. The maximum Gasteiger partial charge on any atom is 0.0396 e. The van der Waals surface area contributed by atoms with E-state index in [2.05, 4.69) is 77.8 Å². The average molecular weight is 325 g/mol. The molecule has 1 aromatic heterocycles. The molecule has 122 valence electrons. The Morgan fingerprint density at radius 2 is 1.74 bits per heavy atom. The number of thiophene rings is 1. The Hall–Kier alpha value is -1.34. The first-order chi connectivity index (χ1) is 10.6. The molecule has 1 heterocycles. The van der Waals surface area contributed by atoms with E-state index in [-0.39, 0.29) is 10.8 Å². The van der Waals surface area contributed by atoms with E-state index in [9.17, 15) is 0 Å². The molecule has 0 amide bonds. The third kappa shape index (κ3) is 2.92. The lowest BCUT2D eigenvalue weighted by Gasteiger charge is -2.28. The van der Waals surface area contributed by atoms with Gasteiger partial charge in [0.15, 0.2) is 0 Å². The van der Waals surface area contributed by atoms with Crippen molar-refractivity contribution >= 4 is 11.3 Å². The van der Waals surface area contributed by atoms with Crippen LogP contribution in [0.5, 0.6) is 0 Å². The van der Waals surface area contributed by atoms with Gasteiger partial charge in [-0.25, -0.2) is 0 Å². The smallest absolute Gasteiger partial charge is 0.0396 e. The van der Waals surface area contributed by atoms with Gasteiger partial charge in [-0.2, -0.15) is 0 Å². The van der Waals surface area contributed by atoms with Crippen LogP contribution in [0.25, 0.3) is 0 Å². The molecule has 0 spiro atoms. The largest absolute Gasteiger partial charge is 0.148 e. The molecule has 1 heteroatoms. The maximum absolute atomic E-state index is 4.43. The van der Waals surface area contributed by atoms with E-state index in [0.29, 0.717) is 5.92 Å². The highest BCUT2D eigenvalue weighted by Gasteiger charge is 2.34. The van der Waals surface area contributed by atoms with E-state index >= 15 is 0 Å². The summed E-state index contributed by atoms with van der Waals surface area (Å²) in [5.41, 5.74) is 7.63. The minimum Gasteiger partial charge on any atom is -0.148 e. The predicted octanol–water partition coefficient (Wildman–Crippen LogP) is 6.59. The molecular weight excluding hydrogens is 296 g/mol. The van der Waals surface area contributed by atoms with Gasteiger partial charge in [-0.15, -0.1) is 11.3 Å². The highest BCUT2D eigenvalue weighted by atomic mass is 32.1. The van der Waals surface area contributed by atoms with Gasteiger partial charge < -0.3 is 0 Å². The van der Waals surface area contributed by atoms with E-state index < -0.39 is 0 Å². The zero-order valence-corrected chi connectivity index (χ0v) is 16.1. The van der Waals surface area contributed by atoms with Crippen LogP contribution < -0.4 is 0 Å². The van der Waals surface area contributed by atoms with Gasteiger partial charge in [-0.1, -0.05) is 71.9 Å².